The quantitative estimate of drug-likeness (QED) is 0.267. The van der Waals surface area contributed by atoms with E-state index in [1.807, 2.05) is 6.92 Å². The molecule has 2 N–H and O–H groups in total. The minimum Gasteiger partial charge on any atom is -0.275 e. The van der Waals surface area contributed by atoms with E-state index in [0.29, 0.717) is 41.2 Å². The summed E-state index contributed by atoms with van der Waals surface area (Å²) in [4.78, 5) is 0. The number of sulfonamides is 2. The minimum absolute atomic E-state index is 0.0217. The van der Waals surface area contributed by atoms with Gasteiger partial charge in [-0.25, -0.2) is 0 Å². The lowest BCUT2D eigenvalue weighted by Gasteiger charge is -2.15. The predicted octanol–water partition coefficient (Wildman–Crippen LogP) is 6.27. The molecule has 0 spiro atoms. The number of nitrogens with one attached hydrogen (secondary N) is 2. The van der Waals surface area contributed by atoms with E-state index in [-0.39, 0.29) is 28.2 Å². The van der Waals surface area contributed by atoms with E-state index in [2.05, 4.69) is 4.37 Å². The average Bonchev–Trinajstić information content (AvgIpc) is 3.17. The van der Waals surface area contributed by atoms with Crippen molar-refractivity contribution in [2.24, 2.45) is 0 Å². The Labute approximate surface area is 219 Å². The van der Waals surface area contributed by atoms with Gasteiger partial charge in [0.05, 0.1) is 11.4 Å². The van der Waals surface area contributed by atoms with Gasteiger partial charge in [0.2, 0.25) is 0 Å². The summed E-state index contributed by atoms with van der Waals surface area (Å²) in [6, 6.07) is 11.5. The lowest BCUT2D eigenvalue weighted by atomic mass is 9.98. The molecule has 2 aromatic carbocycles. The average molecular weight is 602 g/mol. The van der Waals surface area contributed by atoms with Crippen molar-refractivity contribution in [2.45, 2.75) is 43.6 Å². The molecule has 38 heavy (non-hydrogen) atoms. The molecular weight excluding hydrogens is 580 g/mol. The second-order valence-corrected chi connectivity index (χ2v) is 12.2. The molecule has 7 nitrogen and oxygen atoms in total. The molecule has 0 aliphatic rings. The number of alkyl halides is 6. The van der Waals surface area contributed by atoms with Crippen LogP contribution >= 0.6 is 11.5 Å². The van der Waals surface area contributed by atoms with E-state index in [0.717, 1.165) is 6.42 Å². The Bertz CT molecular complexity index is 1480. The Kier molecular flexibility index (Phi) is 8.67. The molecule has 0 aliphatic carbocycles. The number of halogens is 6. The Morgan fingerprint density at radius 2 is 1.42 bits per heavy atom. The molecule has 0 bridgehead atoms. The number of aromatic nitrogens is 1. The summed E-state index contributed by atoms with van der Waals surface area (Å²) < 4.78 is 131. The first-order valence-electron chi connectivity index (χ1n) is 10.9. The summed E-state index contributed by atoms with van der Waals surface area (Å²) in [6.45, 7) is 1.91. The van der Waals surface area contributed by atoms with E-state index in [4.69, 9.17) is 0 Å². The van der Waals surface area contributed by atoms with E-state index in [1.165, 1.54) is 41.1 Å². The van der Waals surface area contributed by atoms with Gasteiger partial charge in [-0.3, -0.25) is 9.44 Å². The Morgan fingerprint density at radius 1 is 0.842 bits per heavy atom. The Hall–Kier alpha value is -2.85. The molecule has 3 rings (SSSR count). The van der Waals surface area contributed by atoms with Crippen molar-refractivity contribution >= 4 is 42.3 Å². The largest absolute Gasteiger partial charge is 0.516 e. The number of aryl methyl sites for hydroxylation is 1. The van der Waals surface area contributed by atoms with Crippen LogP contribution in [0.4, 0.5) is 37.0 Å². The van der Waals surface area contributed by atoms with Gasteiger partial charge in [-0.2, -0.15) is 47.6 Å². The second kappa shape index (κ2) is 11.1. The third kappa shape index (κ3) is 6.77. The zero-order chi connectivity index (χ0) is 28.4. The zero-order valence-electron chi connectivity index (χ0n) is 19.5. The first-order valence-corrected chi connectivity index (χ1v) is 14.6. The number of para-hydroxylation sites is 1. The highest BCUT2D eigenvalue weighted by Gasteiger charge is 2.47. The summed E-state index contributed by atoms with van der Waals surface area (Å²) >= 11 is 0.601. The SMILES string of the molecule is CCCCc1nsc(NS(=O)(=O)C(F)(F)F)c1Cc1ccc(-c2ccccc2NS(=O)(=O)C(F)(F)F)cc1. The molecule has 0 amide bonds. The van der Waals surface area contributed by atoms with Crippen LogP contribution in [0.15, 0.2) is 48.5 Å². The molecule has 16 heteroatoms. The van der Waals surface area contributed by atoms with E-state index in [9.17, 15) is 43.2 Å². The van der Waals surface area contributed by atoms with Gasteiger partial charge < -0.3 is 0 Å². The third-order valence-corrected chi connectivity index (χ3v) is 8.44. The second-order valence-electron chi connectivity index (χ2n) is 8.06. The molecule has 0 radical (unpaired) electrons. The number of anilines is 2. The highest BCUT2D eigenvalue weighted by molar-refractivity contribution is 7.94. The van der Waals surface area contributed by atoms with Crippen LogP contribution in [0.2, 0.25) is 0 Å². The lowest BCUT2D eigenvalue weighted by Crippen LogP contribution is -2.30. The Balaban J connectivity index is 1.92. The van der Waals surface area contributed by atoms with Crippen LogP contribution in [-0.4, -0.2) is 32.2 Å². The van der Waals surface area contributed by atoms with Crippen LogP contribution in [0.3, 0.4) is 0 Å². The topological polar surface area (TPSA) is 105 Å². The van der Waals surface area contributed by atoms with Gasteiger partial charge in [-0.15, -0.1) is 0 Å². The van der Waals surface area contributed by atoms with E-state index in [1.54, 1.807) is 16.9 Å². The number of hydrogen-bond donors (Lipinski definition) is 2. The van der Waals surface area contributed by atoms with Crippen molar-refractivity contribution in [3.63, 3.8) is 0 Å². The van der Waals surface area contributed by atoms with Gasteiger partial charge in [0, 0.05) is 17.5 Å². The predicted molar refractivity (Wildman–Crippen MR) is 133 cm³/mol. The minimum atomic E-state index is -5.66. The maximum Gasteiger partial charge on any atom is 0.516 e. The molecule has 3 aromatic rings. The van der Waals surface area contributed by atoms with Crippen molar-refractivity contribution < 1.29 is 43.2 Å². The van der Waals surface area contributed by atoms with Gasteiger partial charge in [0.15, 0.2) is 0 Å². The molecule has 0 saturated heterocycles. The molecule has 0 aliphatic heterocycles. The number of nitrogens with zero attached hydrogens (tertiary/aromatic N) is 1. The van der Waals surface area contributed by atoms with Crippen molar-refractivity contribution in [2.75, 3.05) is 9.44 Å². The first kappa shape index (κ1) is 29.7. The van der Waals surface area contributed by atoms with E-state index < -0.39 is 31.1 Å². The number of benzene rings is 2. The maximum atomic E-state index is 12.9. The number of hydrogen-bond acceptors (Lipinski definition) is 6. The van der Waals surface area contributed by atoms with Gasteiger partial charge in [0.1, 0.15) is 5.00 Å². The third-order valence-electron chi connectivity index (χ3n) is 5.29. The first-order chi connectivity index (χ1) is 17.6. The molecule has 0 fully saturated rings. The molecule has 1 heterocycles. The van der Waals surface area contributed by atoms with E-state index >= 15 is 0 Å². The van der Waals surface area contributed by atoms with Crippen LogP contribution in [-0.2, 0) is 32.9 Å². The summed E-state index contributed by atoms with van der Waals surface area (Å²) in [5.41, 5.74) is -9.53. The summed E-state index contributed by atoms with van der Waals surface area (Å²) in [5, 5.41) is -0.260. The van der Waals surface area contributed by atoms with Gasteiger partial charge >= 0.3 is 31.1 Å². The fourth-order valence-corrected chi connectivity index (χ4v) is 5.61. The van der Waals surface area contributed by atoms with Crippen LogP contribution in [0, 0.1) is 0 Å². The number of rotatable bonds is 10. The molecule has 1 aromatic heterocycles. The molecular formula is C22H21F6N3O4S3. The van der Waals surface area contributed by atoms with Crippen molar-refractivity contribution in [3.05, 3.63) is 65.4 Å². The summed E-state index contributed by atoms with van der Waals surface area (Å²) in [6.07, 6.45) is 1.88. The fraction of sp³-hybridized carbons (Fsp3) is 0.318. The Morgan fingerprint density at radius 3 is 2.00 bits per heavy atom. The fourth-order valence-electron chi connectivity index (χ4n) is 3.36. The highest BCUT2D eigenvalue weighted by Crippen LogP contribution is 2.35. The molecule has 208 valence electrons. The summed E-state index contributed by atoms with van der Waals surface area (Å²) in [7, 11) is -11.3. The monoisotopic (exact) mass is 601 g/mol. The molecule has 0 atom stereocenters. The standard InChI is InChI=1S/C22H21F6N3O4S3/c1-2-3-7-18-17(20(36-29-18)31-38(34,35)22(26,27)28)13-14-9-11-15(12-10-14)16-6-4-5-8-19(16)30-37(32,33)21(23,24)25/h4-6,8-12,30-31H,2-3,7,13H2,1H3. The lowest BCUT2D eigenvalue weighted by molar-refractivity contribution is -0.0435. The van der Waals surface area contributed by atoms with Crippen LogP contribution in [0.1, 0.15) is 36.6 Å². The maximum absolute atomic E-state index is 12.9. The van der Waals surface area contributed by atoms with Gasteiger partial charge in [-0.1, -0.05) is 55.8 Å². The van der Waals surface area contributed by atoms with Crippen molar-refractivity contribution in [3.8, 4) is 11.1 Å². The smallest absolute Gasteiger partial charge is 0.275 e. The molecule has 0 saturated carbocycles. The normalized spacial score (nSPS) is 12.9. The zero-order valence-corrected chi connectivity index (χ0v) is 22.0. The molecule has 0 unspecified atom stereocenters. The van der Waals surface area contributed by atoms with Crippen molar-refractivity contribution in [1.82, 2.24) is 4.37 Å². The summed E-state index contributed by atoms with van der Waals surface area (Å²) in [5.74, 6) is 0. The van der Waals surface area contributed by atoms with Crippen LogP contribution < -0.4 is 9.44 Å². The van der Waals surface area contributed by atoms with Crippen molar-refractivity contribution in [1.29, 1.82) is 0 Å². The van der Waals surface area contributed by atoms with Gasteiger partial charge in [-0.05, 0) is 41.6 Å². The number of unbranched alkanes of at least 4 members (excludes halogenated alkanes) is 1. The van der Waals surface area contributed by atoms with Gasteiger partial charge in [0.25, 0.3) is 0 Å². The highest BCUT2D eigenvalue weighted by atomic mass is 32.2. The van der Waals surface area contributed by atoms with Crippen LogP contribution in [0.25, 0.3) is 11.1 Å². The van der Waals surface area contributed by atoms with Crippen LogP contribution in [0.5, 0.6) is 0 Å².